The molecule has 2 aliphatic rings. The minimum absolute atomic E-state index is 0.00557. The fourth-order valence-corrected chi connectivity index (χ4v) is 4.19. The molecule has 25 heavy (non-hydrogen) atoms. The molecule has 0 spiro atoms. The molecule has 4 atom stereocenters. The monoisotopic (exact) mass is 365 g/mol. The maximum Gasteiger partial charge on any atom is 0.191 e. The van der Waals surface area contributed by atoms with Crippen LogP contribution in [-0.2, 0) is 4.74 Å². The number of benzene rings is 1. The Hall–Kier alpha value is -1.46. The van der Waals surface area contributed by atoms with E-state index in [9.17, 15) is 0 Å². The summed E-state index contributed by atoms with van der Waals surface area (Å²) in [6.45, 7) is 8.07. The van der Waals surface area contributed by atoms with Crippen molar-refractivity contribution in [2.24, 2.45) is 16.3 Å². The summed E-state index contributed by atoms with van der Waals surface area (Å²) < 4.78 is 11.8. The molecule has 138 valence electrons. The van der Waals surface area contributed by atoms with E-state index < -0.39 is 0 Å². The van der Waals surface area contributed by atoms with Crippen molar-refractivity contribution in [3.8, 4) is 5.75 Å². The summed E-state index contributed by atoms with van der Waals surface area (Å²) in [5.74, 6) is 2.16. The van der Waals surface area contributed by atoms with Crippen molar-refractivity contribution >= 4 is 17.6 Å². The average molecular weight is 366 g/mol. The first-order chi connectivity index (χ1) is 11.9. The molecule has 0 radical (unpaired) electrons. The second kappa shape index (κ2) is 7.42. The summed E-state index contributed by atoms with van der Waals surface area (Å²) in [6.07, 6.45) is 1.49. The van der Waals surface area contributed by atoms with Crippen LogP contribution >= 0.6 is 11.6 Å². The van der Waals surface area contributed by atoms with Crippen LogP contribution in [0.3, 0.4) is 0 Å². The molecule has 1 aromatic carbocycles. The third-order valence-electron chi connectivity index (χ3n) is 5.31. The molecule has 1 aromatic rings. The van der Waals surface area contributed by atoms with E-state index in [1.54, 1.807) is 7.05 Å². The van der Waals surface area contributed by atoms with Gasteiger partial charge in [0.25, 0.3) is 0 Å². The van der Waals surface area contributed by atoms with E-state index in [4.69, 9.17) is 21.1 Å². The smallest absolute Gasteiger partial charge is 0.191 e. The highest BCUT2D eigenvalue weighted by Crippen LogP contribution is 2.52. The molecule has 0 bridgehead atoms. The normalized spacial score (nSPS) is 28.7. The van der Waals surface area contributed by atoms with Crippen LogP contribution < -0.4 is 15.4 Å². The van der Waals surface area contributed by atoms with E-state index in [2.05, 4.69) is 29.5 Å². The number of ether oxygens (including phenoxy) is 2. The quantitative estimate of drug-likeness (QED) is 0.622. The molecule has 4 unspecified atom stereocenters. The van der Waals surface area contributed by atoms with Crippen LogP contribution in [0, 0.1) is 11.3 Å². The summed E-state index contributed by atoms with van der Waals surface area (Å²) in [7, 11) is 1.80. The maximum atomic E-state index is 5.99. The Morgan fingerprint density at radius 1 is 1.48 bits per heavy atom. The number of hydrogen-bond acceptors (Lipinski definition) is 3. The van der Waals surface area contributed by atoms with Gasteiger partial charge in [-0.25, -0.2) is 0 Å². The minimum Gasteiger partial charge on any atom is -0.489 e. The van der Waals surface area contributed by atoms with E-state index in [0.29, 0.717) is 29.6 Å². The van der Waals surface area contributed by atoms with Gasteiger partial charge in [-0.15, -0.1) is 0 Å². The van der Waals surface area contributed by atoms with Crippen LogP contribution in [0.15, 0.2) is 29.3 Å². The van der Waals surface area contributed by atoms with Gasteiger partial charge in [0.05, 0.1) is 12.6 Å². The highest BCUT2D eigenvalue weighted by molar-refractivity contribution is 6.30. The molecular formula is C19H28ClN3O2. The lowest BCUT2D eigenvalue weighted by molar-refractivity contribution is -0.106. The molecule has 3 rings (SSSR count). The van der Waals surface area contributed by atoms with Crippen molar-refractivity contribution < 1.29 is 9.47 Å². The van der Waals surface area contributed by atoms with Crippen molar-refractivity contribution in [3.05, 3.63) is 29.3 Å². The molecule has 1 aliphatic carbocycles. The molecule has 6 heteroatoms. The van der Waals surface area contributed by atoms with Crippen LogP contribution in [0.4, 0.5) is 0 Å². The lowest BCUT2D eigenvalue weighted by Gasteiger charge is -2.54. The van der Waals surface area contributed by atoms with Crippen molar-refractivity contribution in [3.63, 3.8) is 0 Å². The highest BCUT2D eigenvalue weighted by Gasteiger charge is 2.59. The lowest BCUT2D eigenvalue weighted by atomic mass is 9.57. The number of halogens is 1. The first kappa shape index (κ1) is 18.3. The van der Waals surface area contributed by atoms with Crippen molar-refractivity contribution in [1.29, 1.82) is 0 Å². The van der Waals surface area contributed by atoms with Crippen LogP contribution in [0.2, 0.25) is 5.02 Å². The molecule has 1 saturated carbocycles. The third kappa shape index (κ3) is 3.87. The van der Waals surface area contributed by atoms with E-state index in [-0.39, 0.29) is 11.5 Å². The van der Waals surface area contributed by atoms with E-state index >= 15 is 0 Å². The third-order valence-corrected chi connectivity index (χ3v) is 5.54. The fourth-order valence-electron chi connectivity index (χ4n) is 4.01. The summed E-state index contributed by atoms with van der Waals surface area (Å²) in [5.41, 5.74) is 0.127. The largest absolute Gasteiger partial charge is 0.489 e. The Bertz CT molecular complexity index is 635. The zero-order valence-electron chi connectivity index (χ0n) is 15.4. The summed E-state index contributed by atoms with van der Waals surface area (Å²) in [4.78, 5) is 4.36. The van der Waals surface area contributed by atoms with Gasteiger partial charge in [-0.2, -0.15) is 0 Å². The molecule has 5 nitrogen and oxygen atoms in total. The second-order valence-electron chi connectivity index (χ2n) is 7.53. The second-order valence-corrected chi connectivity index (χ2v) is 7.96. The zero-order chi connectivity index (χ0) is 18.0. The average Bonchev–Trinajstić information content (AvgIpc) is 3.02. The van der Waals surface area contributed by atoms with Gasteiger partial charge in [0.1, 0.15) is 11.9 Å². The first-order valence-corrected chi connectivity index (χ1v) is 9.30. The Balaban J connectivity index is 1.49. The summed E-state index contributed by atoms with van der Waals surface area (Å²) >= 11 is 5.99. The van der Waals surface area contributed by atoms with Gasteiger partial charge in [-0.1, -0.05) is 31.5 Å². The van der Waals surface area contributed by atoms with Crippen molar-refractivity contribution in [2.75, 3.05) is 20.2 Å². The number of hydrogen-bond donors (Lipinski definition) is 2. The van der Waals surface area contributed by atoms with Crippen LogP contribution in [0.25, 0.3) is 0 Å². The highest BCUT2D eigenvalue weighted by atomic mass is 35.5. The van der Waals surface area contributed by atoms with Gasteiger partial charge in [0.15, 0.2) is 5.96 Å². The molecule has 2 fully saturated rings. The Labute approximate surface area is 155 Å². The number of rotatable bonds is 5. The number of fused-ring (bicyclic) bond motifs is 1. The van der Waals surface area contributed by atoms with Gasteiger partial charge in [0, 0.05) is 36.1 Å². The number of guanidine groups is 1. The molecule has 2 N–H and O–H groups in total. The van der Waals surface area contributed by atoms with E-state index in [0.717, 1.165) is 24.7 Å². The van der Waals surface area contributed by atoms with Gasteiger partial charge in [-0.3, -0.25) is 4.99 Å². The standard InChI is InChI=1S/C19H28ClN3O2/c1-12(25-14-7-5-6-13(20)10-14)11-22-18(21-4)23-16-15-8-9-24-17(15)19(16,2)3/h5-7,10,12,15-17H,8-9,11H2,1-4H3,(H2,21,22,23). The Kier molecular flexibility index (Phi) is 5.44. The topological polar surface area (TPSA) is 54.9 Å². The van der Waals surface area contributed by atoms with Crippen LogP contribution in [0.1, 0.15) is 27.2 Å². The van der Waals surface area contributed by atoms with Gasteiger partial charge >= 0.3 is 0 Å². The van der Waals surface area contributed by atoms with Gasteiger partial charge in [0.2, 0.25) is 0 Å². The molecule has 1 aliphatic heterocycles. The molecule has 0 aromatic heterocycles. The van der Waals surface area contributed by atoms with E-state index in [1.165, 1.54) is 0 Å². The SMILES string of the molecule is CN=C(NCC(C)Oc1cccc(Cl)c1)NC1C2CCOC2C1(C)C. The molecule has 0 amide bonds. The van der Waals surface area contributed by atoms with E-state index in [1.807, 2.05) is 31.2 Å². The van der Waals surface area contributed by atoms with Crippen LogP contribution in [0.5, 0.6) is 5.75 Å². The van der Waals surface area contributed by atoms with Crippen molar-refractivity contribution in [1.82, 2.24) is 10.6 Å². The molecule has 1 saturated heterocycles. The predicted molar refractivity (Wildman–Crippen MR) is 101 cm³/mol. The van der Waals surface area contributed by atoms with Gasteiger partial charge in [-0.05, 0) is 31.5 Å². The number of nitrogens with one attached hydrogen (secondary N) is 2. The van der Waals surface area contributed by atoms with Crippen LogP contribution in [-0.4, -0.2) is 44.4 Å². The maximum absolute atomic E-state index is 5.99. The predicted octanol–water partition coefficient (Wildman–Crippen LogP) is 3.09. The summed E-state index contributed by atoms with van der Waals surface area (Å²) in [5, 5.41) is 7.61. The molecule has 1 heterocycles. The first-order valence-electron chi connectivity index (χ1n) is 8.93. The number of aliphatic imine (C=N–C) groups is 1. The van der Waals surface area contributed by atoms with Gasteiger partial charge < -0.3 is 20.1 Å². The number of nitrogens with zero attached hydrogens (tertiary/aromatic N) is 1. The lowest BCUT2D eigenvalue weighted by Crippen LogP contribution is -2.68. The molecular weight excluding hydrogens is 338 g/mol. The van der Waals surface area contributed by atoms with Crippen molar-refractivity contribution in [2.45, 2.75) is 45.4 Å². The zero-order valence-corrected chi connectivity index (χ0v) is 16.1. The Morgan fingerprint density at radius 2 is 2.28 bits per heavy atom. The summed E-state index contributed by atoms with van der Waals surface area (Å²) in [6, 6.07) is 7.84. The Morgan fingerprint density at radius 3 is 3.00 bits per heavy atom. The minimum atomic E-state index is -0.00557. The fraction of sp³-hybridized carbons (Fsp3) is 0.632.